The first kappa shape index (κ1) is 21.4. The van der Waals surface area contributed by atoms with Crippen molar-refractivity contribution in [3.05, 3.63) is 60.5 Å². The summed E-state index contributed by atoms with van der Waals surface area (Å²) in [7, 11) is 1.51. The number of ketones is 2. The number of hydrogen-bond acceptors (Lipinski definition) is 7. The number of carbonyl (C=O) groups is 3. The number of aromatic nitrogens is 2. The molecule has 1 saturated heterocycles. The summed E-state index contributed by atoms with van der Waals surface area (Å²) < 4.78 is 10.4. The number of anilines is 1. The van der Waals surface area contributed by atoms with E-state index in [0.717, 1.165) is 0 Å². The molecule has 2 unspecified atom stereocenters. The molecule has 1 aliphatic rings. The Hall–Kier alpha value is -3.81. The number of hydrogen-bond donors (Lipinski definition) is 0. The Balaban J connectivity index is 1.85. The van der Waals surface area contributed by atoms with Crippen molar-refractivity contribution in [3.8, 4) is 17.0 Å². The molecule has 1 aliphatic heterocycles. The monoisotopic (exact) mass is 433 g/mol. The molecule has 8 nitrogen and oxygen atoms in total. The van der Waals surface area contributed by atoms with Crippen LogP contribution < -0.4 is 9.64 Å². The lowest BCUT2D eigenvalue weighted by Crippen LogP contribution is -2.36. The number of para-hydroxylation sites is 1. The van der Waals surface area contributed by atoms with E-state index < -0.39 is 29.1 Å². The largest absolute Gasteiger partial charge is 0.496 e. The van der Waals surface area contributed by atoms with Gasteiger partial charge >= 0.3 is 0 Å². The Kier molecular flexibility index (Phi) is 5.38. The second kappa shape index (κ2) is 8.03. The lowest BCUT2D eigenvalue weighted by Gasteiger charge is -2.30. The van der Waals surface area contributed by atoms with Crippen molar-refractivity contribution in [1.29, 1.82) is 0 Å². The zero-order valence-corrected chi connectivity index (χ0v) is 18.2. The van der Waals surface area contributed by atoms with E-state index in [0.29, 0.717) is 22.6 Å². The lowest BCUT2D eigenvalue weighted by atomic mass is 9.77. The number of ether oxygens (including phenoxy) is 1. The molecule has 0 aliphatic carbocycles. The van der Waals surface area contributed by atoms with E-state index in [9.17, 15) is 14.4 Å². The molecule has 4 rings (SSSR count). The number of methoxy groups -OCH3 is 1. The van der Waals surface area contributed by atoms with E-state index in [4.69, 9.17) is 9.26 Å². The molecule has 3 aromatic rings. The van der Waals surface area contributed by atoms with Crippen molar-refractivity contribution in [3.63, 3.8) is 0 Å². The number of rotatable bonds is 5. The maximum Gasteiger partial charge on any atom is 0.297 e. The zero-order chi connectivity index (χ0) is 23.0. The molecule has 0 N–H and O–H groups in total. The summed E-state index contributed by atoms with van der Waals surface area (Å²) in [6.45, 7) is 5.21. The minimum Gasteiger partial charge on any atom is -0.496 e. The summed E-state index contributed by atoms with van der Waals surface area (Å²) in [4.78, 5) is 45.3. The summed E-state index contributed by atoms with van der Waals surface area (Å²) in [5, 5.41) is 3.88. The number of nitrogens with zero attached hydrogens (tertiary/aromatic N) is 3. The Morgan fingerprint density at radius 3 is 2.44 bits per heavy atom. The van der Waals surface area contributed by atoms with Crippen LogP contribution in [0.15, 0.2) is 59.4 Å². The molecule has 2 atom stereocenters. The van der Waals surface area contributed by atoms with Crippen LogP contribution in [-0.4, -0.2) is 34.7 Å². The van der Waals surface area contributed by atoms with Crippen LogP contribution in [0.3, 0.4) is 0 Å². The first-order valence-corrected chi connectivity index (χ1v) is 10.2. The first-order valence-electron chi connectivity index (χ1n) is 10.2. The second-order valence-electron chi connectivity index (χ2n) is 8.61. The van der Waals surface area contributed by atoms with Crippen LogP contribution in [0.25, 0.3) is 11.3 Å². The van der Waals surface area contributed by atoms with Gasteiger partial charge in [0, 0.05) is 28.8 Å². The Labute approximate surface area is 185 Å². The molecule has 0 spiro atoms. The minimum absolute atomic E-state index is 0.260. The van der Waals surface area contributed by atoms with Gasteiger partial charge in [0.15, 0.2) is 5.78 Å². The topological polar surface area (TPSA) is 103 Å². The summed E-state index contributed by atoms with van der Waals surface area (Å²) >= 11 is 0. The molecule has 0 bridgehead atoms. The van der Waals surface area contributed by atoms with Gasteiger partial charge in [-0.05, 0) is 18.2 Å². The van der Waals surface area contributed by atoms with Crippen molar-refractivity contribution < 1.29 is 23.6 Å². The number of pyridine rings is 1. The van der Waals surface area contributed by atoms with Gasteiger partial charge in [0.2, 0.25) is 5.78 Å². The second-order valence-corrected chi connectivity index (χ2v) is 8.61. The Morgan fingerprint density at radius 2 is 1.84 bits per heavy atom. The predicted molar refractivity (Wildman–Crippen MR) is 116 cm³/mol. The lowest BCUT2D eigenvalue weighted by molar-refractivity contribution is -0.141. The quantitative estimate of drug-likeness (QED) is 0.447. The smallest absolute Gasteiger partial charge is 0.297 e. The van der Waals surface area contributed by atoms with E-state index in [1.807, 2.05) is 0 Å². The SMILES string of the molecule is COc1ccccc1C1C(C(=O)C(C)(C)C)C(=O)C(=O)N1c1ccc(-c2ccon2)cn1. The molecule has 164 valence electrons. The fourth-order valence-electron chi connectivity index (χ4n) is 3.92. The van der Waals surface area contributed by atoms with Crippen molar-refractivity contribution in [2.75, 3.05) is 12.0 Å². The van der Waals surface area contributed by atoms with Gasteiger partial charge in [-0.2, -0.15) is 0 Å². The van der Waals surface area contributed by atoms with E-state index in [1.54, 1.807) is 69.4 Å². The van der Waals surface area contributed by atoms with Crippen LogP contribution in [0.2, 0.25) is 0 Å². The van der Waals surface area contributed by atoms with Gasteiger partial charge in [0.1, 0.15) is 29.4 Å². The number of carbonyl (C=O) groups excluding carboxylic acids is 3. The fourth-order valence-corrected chi connectivity index (χ4v) is 3.92. The summed E-state index contributed by atoms with van der Waals surface area (Å²) in [6.07, 6.45) is 3.00. The fraction of sp³-hybridized carbons (Fsp3) is 0.292. The highest BCUT2D eigenvalue weighted by Crippen LogP contribution is 2.44. The molecule has 0 saturated carbocycles. The van der Waals surface area contributed by atoms with Crippen LogP contribution >= 0.6 is 0 Å². The van der Waals surface area contributed by atoms with Gasteiger partial charge in [0.05, 0.1) is 13.2 Å². The number of Topliss-reactive ketones (excluding diaryl/α,β-unsaturated/α-hetero) is 2. The van der Waals surface area contributed by atoms with E-state index in [1.165, 1.54) is 18.3 Å². The highest BCUT2D eigenvalue weighted by Gasteiger charge is 2.55. The van der Waals surface area contributed by atoms with E-state index >= 15 is 0 Å². The maximum atomic E-state index is 13.3. The average molecular weight is 433 g/mol. The summed E-state index contributed by atoms with van der Waals surface area (Å²) in [5.41, 5.74) is 1.03. The molecular formula is C24H23N3O5. The molecule has 1 aromatic carbocycles. The average Bonchev–Trinajstić information content (AvgIpc) is 3.40. The number of benzene rings is 1. The summed E-state index contributed by atoms with van der Waals surface area (Å²) in [6, 6.07) is 11.2. The third-order valence-corrected chi connectivity index (χ3v) is 5.51. The third-order valence-electron chi connectivity index (χ3n) is 5.51. The van der Waals surface area contributed by atoms with Crippen LogP contribution in [0.5, 0.6) is 5.75 Å². The van der Waals surface area contributed by atoms with Crippen molar-refractivity contribution in [2.45, 2.75) is 26.8 Å². The van der Waals surface area contributed by atoms with Gasteiger partial charge in [-0.3, -0.25) is 19.3 Å². The normalized spacial score (nSPS) is 18.8. The third kappa shape index (κ3) is 3.57. The van der Waals surface area contributed by atoms with Crippen LogP contribution in [0, 0.1) is 11.3 Å². The molecule has 0 radical (unpaired) electrons. The standard InChI is InChI=1S/C24H23N3O5/c1-24(2,3)22(29)19-20(15-7-5-6-8-17(15)31-4)27(23(30)21(19)28)18-10-9-14(13-25-18)16-11-12-32-26-16/h5-13,19-20H,1-4H3. The molecular weight excluding hydrogens is 410 g/mol. The van der Waals surface area contributed by atoms with Gasteiger partial charge < -0.3 is 9.26 Å². The van der Waals surface area contributed by atoms with Gasteiger partial charge in [0.25, 0.3) is 5.91 Å². The highest BCUT2D eigenvalue weighted by atomic mass is 16.5. The number of amides is 1. The van der Waals surface area contributed by atoms with Crippen LogP contribution in [0.4, 0.5) is 5.82 Å². The highest BCUT2D eigenvalue weighted by molar-refractivity contribution is 6.48. The summed E-state index contributed by atoms with van der Waals surface area (Å²) in [5.74, 6) is -2.26. The van der Waals surface area contributed by atoms with Crippen LogP contribution in [0.1, 0.15) is 32.4 Å². The van der Waals surface area contributed by atoms with E-state index in [2.05, 4.69) is 10.1 Å². The molecule has 1 fully saturated rings. The van der Waals surface area contributed by atoms with Gasteiger partial charge in [-0.15, -0.1) is 0 Å². The molecule has 1 amide bonds. The van der Waals surface area contributed by atoms with Crippen molar-refractivity contribution >= 4 is 23.3 Å². The first-order chi connectivity index (χ1) is 15.2. The van der Waals surface area contributed by atoms with Gasteiger partial charge in [-0.25, -0.2) is 4.98 Å². The molecule has 3 heterocycles. The van der Waals surface area contributed by atoms with Gasteiger partial charge in [-0.1, -0.05) is 44.1 Å². The van der Waals surface area contributed by atoms with Crippen molar-refractivity contribution in [1.82, 2.24) is 10.1 Å². The Bertz CT molecular complexity index is 1160. The molecule has 8 heteroatoms. The Morgan fingerprint density at radius 1 is 1.09 bits per heavy atom. The predicted octanol–water partition coefficient (Wildman–Crippen LogP) is 3.63. The minimum atomic E-state index is -1.17. The van der Waals surface area contributed by atoms with Crippen molar-refractivity contribution in [2.24, 2.45) is 11.3 Å². The maximum absolute atomic E-state index is 13.3. The van der Waals surface area contributed by atoms with E-state index in [-0.39, 0.29) is 11.6 Å². The zero-order valence-electron chi connectivity index (χ0n) is 18.2. The molecule has 32 heavy (non-hydrogen) atoms. The van der Waals surface area contributed by atoms with Crippen LogP contribution in [-0.2, 0) is 14.4 Å². The molecule has 2 aromatic heterocycles.